The molecule has 2 nitrogen and oxygen atoms in total. The van der Waals surface area contributed by atoms with Crippen LogP contribution < -0.4 is 4.74 Å². The van der Waals surface area contributed by atoms with Gasteiger partial charge in [-0.1, -0.05) is 38.1 Å². The SMILES string of the molecule is CC.Cc1ccccc1Oc1ccc2ccncc2c1. The molecule has 1 heterocycles. The zero-order valence-electron chi connectivity index (χ0n) is 12.1. The number of benzene rings is 2. The molecule has 0 N–H and O–H groups in total. The van der Waals surface area contributed by atoms with Crippen LogP contribution in [0.4, 0.5) is 0 Å². The van der Waals surface area contributed by atoms with E-state index < -0.39 is 0 Å². The molecule has 2 heteroatoms. The Hall–Kier alpha value is -2.35. The van der Waals surface area contributed by atoms with Gasteiger partial charge in [-0.15, -0.1) is 0 Å². The quantitative estimate of drug-likeness (QED) is 0.622. The summed E-state index contributed by atoms with van der Waals surface area (Å²) < 4.78 is 5.89. The van der Waals surface area contributed by atoms with Gasteiger partial charge in [-0.25, -0.2) is 0 Å². The number of para-hydroxylation sites is 1. The predicted molar refractivity (Wildman–Crippen MR) is 84.3 cm³/mol. The first-order valence-electron chi connectivity index (χ1n) is 6.90. The van der Waals surface area contributed by atoms with Crippen molar-refractivity contribution in [3.63, 3.8) is 0 Å². The summed E-state index contributed by atoms with van der Waals surface area (Å²) >= 11 is 0. The van der Waals surface area contributed by atoms with Crippen molar-refractivity contribution in [2.45, 2.75) is 20.8 Å². The lowest BCUT2D eigenvalue weighted by molar-refractivity contribution is 0.479. The van der Waals surface area contributed by atoms with Crippen LogP contribution in [0.15, 0.2) is 60.9 Å². The zero-order valence-corrected chi connectivity index (χ0v) is 12.1. The zero-order chi connectivity index (χ0) is 14.4. The maximum atomic E-state index is 5.89. The minimum Gasteiger partial charge on any atom is -0.457 e. The van der Waals surface area contributed by atoms with Crippen molar-refractivity contribution in [3.8, 4) is 11.5 Å². The predicted octanol–water partition coefficient (Wildman–Crippen LogP) is 5.36. The van der Waals surface area contributed by atoms with Crippen LogP contribution in [-0.4, -0.2) is 4.98 Å². The molecule has 0 radical (unpaired) electrons. The van der Waals surface area contributed by atoms with Crippen LogP contribution in [0.25, 0.3) is 10.8 Å². The maximum absolute atomic E-state index is 5.89. The van der Waals surface area contributed by atoms with Gasteiger partial charge in [-0.05, 0) is 42.1 Å². The van der Waals surface area contributed by atoms with Crippen LogP contribution in [0.1, 0.15) is 19.4 Å². The Kier molecular flexibility index (Phi) is 4.72. The van der Waals surface area contributed by atoms with Gasteiger partial charge in [0.25, 0.3) is 0 Å². The van der Waals surface area contributed by atoms with Crippen molar-refractivity contribution in [1.82, 2.24) is 4.98 Å². The van der Waals surface area contributed by atoms with Gasteiger partial charge in [0.1, 0.15) is 11.5 Å². The van der Waals surface area contributed by atoms with Crippen LogP contribution in [0.5, 0.6) is 11.5 Å². The number of hydrogen-bond donors (Lipinski definition) is 0. The molecule has 0 aliphatic carbocycles. The number of pyridine rings is 1. The van der Waals surface area contributed by atoms with Gasteiger partial charge in [0.15, 0.2) is 0 Å². The third-order valence-corrected chi connectivity index (χ3v) is 2.93. The van der Waals surface area contributed by atoms with Crippen molar-refractivity contribution < 1.29 is 4.74 Å². The molecule has 0 saturated carbocycles. The number of fused-ring (bicyclic) bond motifs is 1. The topological polar surface area (TPSA) is 22.1 Å². The van der Waals surface area contributed by atoms with E-state index in [0.29, 0.717) is 0 Å². The Balaban J connectivity index is 0.000000704. The summed E-state index contributed by atoms with van der Waals surface area (Å²) in [5, 5.41) is 2.26. The van der Waals surface area contributed by atoms with Gasteiger partial charge in [0, 0.05) is 17.8 Å². The van der Waals surface area contributed by atoms with E-state index in [-0.39, 0.29) is 0 Å². The third-order valence-electron chi connectivity index (χ3n) is 2.93. The molecule has 0 saturated heterocycles. The van der Waals surface area contributed by atoms with Gasteiger partial charge < -0.3 is 4.74 Å². The molecule has 3 rings (SSSR count). The highest BCUT2D eigenvalue weighted by molar-refractivity contribution is 5.82. The fourth-order valence-electron chi connectivity index (χ4n) is 1.92. The van der Waals surface area contributed by atoms with E-state index in [0.717, 1.165) is 22.4 Å². The van der Waals surface area contributed by atoms with Crippen molar-refractivity contribution in [3.05, 3.63) is 66.5 Å². The molecule has 0 aliphatic rings. The van der Waals surface area contributed by atoms with E-state index in [4.69, 9.17) is 4.74 Å². The van der Waals surface area contributed by atoms with Gasteiger partial charge >= 0.3 is 0 Å². The average molecular weight is 265 g/mol. The number of nitrogens with zero attached hydrogens (tertiary/aromatic N) is 1. The summed E-state index contributed by atoms with van der Waals surface area (Å²) in [6.07, 6.45) is 3.64. The molecule has 102 valence electrons. The minimum atomic E-state index is 0.838. The number of aromatic nitrogens is 1. The summed E-state index contributed by atoms with van der Waals surface area (Å²) in [6, 6.07) is 16.0. The summed E-state index contributed by atoms with van der Waals surface area (Å²) in [5.74, 6) is 1.73. The van der Waals surface area contributed by atoms with Crippen molar-refractivity contribution in [2.75, 3.05) is 0 Å². The second-order valence-corrected chi connectivity index (χ2v) is 4.25. The highest BCUT2D eigenvalue weighted by Crippen LogP contribution is 2.27. The molecule has 0 amide bonds. The number of rotatable bonds is 2. The first-order valence-corrected chi connectivity index (χ1v) is 6.90. The fourth-order valence-corrected chi connectivity index (χ4v) is 1.92. The lowest BCUT2D eigenvalue weighted by Crippen LogP contribution is -1.87. The Morgan fingerprint density at radius 1 is 0.900 bits per heavy atom. The number of hydrogen-bond acceptors (Lipinski definition) is 2. The molecule has 1 aromatic heterocycles. The second kappa shape index (κ2) is 6.71. The van der Waals surface area contributed by atoms with Crippen LogP contribution in [0, 0.1) is 6.92 Å². The van der Waals surface area contributed by atoms with Gasteiger partial charge in [-0.2, -0.15) is 0 Å². The maximum Gasteiger partial charge on any atom is 0.130 e. The molecule has 0 unspecified atom stereocenters. The number of ether oxygens (including phenoxy) is 1. The summed E-state index contributed by atoms with van der Waals surface area (Å²) in [7, 11) is 0. The van der Waals surface area contributed by atoms with Crippen molar-refractivity contribution in [2.24, 2.45) is 0 Å². The number of aryl methyl sites for hydroxylation is 1. The smallest absolute Gasteiger partial charge is 0.130 e. The Morgan fingerprint density at radius 2 is 1.70 bits per heavy atom. The van der Waals surface area contributed by atoms with E-state index in [2.05, 4.69) is 4.98 Å². The molecule has 0 fully saturated rings. The lowest BCUT2D eigenvalue weighted by atomic mass is 10.2. The normalized spacial score (nSPS) is 9.75. The van der Waals surface area contributed by atoms with Crippen molar-refractivity contribution in [1.29, 1.82) is 0 Å². The highest BCUT2D eigenvalue weighted by atomic mass is 16.5. The van der Waals surface area contributed by atoms with E-state index in [1.165, 1.54) is 5.39 Å². The van der Waals surface area contributed by atoms with Crippen LogP contribution in [0.3, 0.4) is 0 Å². The standard InChI is InChI=1S/C16H13NO.C2H6/c1-12-4-2-3-5-16(12)18-15-7-6-13-8-9-17-11-14(13)10-15;1-2/h2-11H,1H3;1-2H3. The van der Waals surface area contributed by atoms with Crippen LogP contribution in [0.2, 0.25) is 0 Å². The monoisotopic (exact) mass is 265 g/mol. The minimum absolute atomic E-state index is 0.838. The van der Waals surface area contributed by atoms with E-state index in [1.54, 1.807) is 6.20 Å². The molecule has 0 spiro atoms. The fraction of sp³-hybridized carbons (Fsp3) is 0.167. The molecular formula is C18H19NO. The molecular weight excluding hydrogens is 246 g/mol. The van der Waals surface area contributed by atoms with Gasteiger partial charge in [0.05, 0.1) is 0 Å². The van der Waals surface area contributed by atoms with Crippen LogP contribution in [-0.2, 0) is 0 Å². The van der Waals surface area contributed by atoms with E-state index in [1.807, 2.05) is 75.5 Å². The van der Waals surface area contributed by atoms with Gasteiger partial charge in [-0.3, -0.25) is 4.98 Å². The summed E-state index contributed by atoms with van der Waals surface area (Å²) in [4.78, 5) is 4.12. The van der Waals surface area contributed by atoms with E-state index >= 15 is 0 Å². The largest absolute Gasteiger partial charge is 0.457 e. The first-order chi connectivity index (χ1) is 9.83. The first kappa shape index (κ1) is 14.1. The Morgan fingerprint density at radius 3 is 2.50 bits per heavy atom. The molecule has 3 aromatic rings. The second-order valence-electron chi connectivity index (χ2n) is 4.25. The van der Waals surface area contributed by atoms with Gasteiger partial charge in [0.2, 0.25) is 0 Å². The molecule has 20 heavy (non-hydrogen) atoms. The Labute approximate surface area is 120 Å². The molecule has 2 aromatic carbocycles. The van der Waals surface area contributed by atoms with Crippen molar-refractivity contribution >= 4 is 10.8 Å². The Bertz CT molecular complexity index is 692. The molecule has 0 aliphatic heterocycles. The summed E-state index contributed by atoms with van der Waals surface area (Å²) in [6.45, 7) is 6.04. The third kappa shape index (κ3) is 3.15. The van der Waals surface area contributed by atoms with E-state index in [9.17, 15) is 0 Å². The highest BCUT2D eigenvalue weighted by Gasteiger charge is 2.01. The lowest BCUT2D eigenvalue weighted by Gasteiger charge is -2.08. The average Bonchev–Trinajstić information content (AvgIpc) is 2.51. The summed E-state index contributed by atoms with van der Waals surface area (Å²) in [5.41, 5.74) is 1.13. The molecule has 0 atom stereocenters. The molecule has 0 bridgehead atoms. The van der Waals surface area contributed by atoms with Crippen LogP contribution >= 0.6 is 0 Å².